The molecule has 1 aromatic rings. The molecule has 0 aliphatic rings. The molecule has 0 bridgehead atoms. The summed E-state index contributed by atoms with van der Waals surface area (Å²) in [6.45, 7) is 8.99. The average molecular weight is 300 g/mol. The van der Waals surface area contributed by atoms with Crippen molar-refractivity contribution in [3.8, 4) is 0 Å². The van der Waals surface area contributed by atoms with Gasteiger partial charge in [0.15, 0.2) is 0 Å². The van der Waals surface area contributed by atoms with Crippen LogP contribution in [0.25, 0.3) is 0 Å². The zero-order valence-corrected chi connectivity index (χ0v) is 12.5. The van der Waals surface area contributed by atoms with E-state index in [4.69, 9.17) is 4.74 Å². The van der Waals surface area contributed by atoms with E-state index in [0.29, 0.717) is 12.0 Å². The van der Waals surface area contributed by atoms with E-state index in [-0.39, 0.29) is 0 Å². The van der Waals surface area contributed by atoms with Gasteiger partial charge in [-0.05, 0) is 24.5 Å². The molecule has 1 atom stereocenters. The number of ether oxygens (including phenoxy) is 1. The third kappa shape index (κ3) is 5.66. The minimum Gasteiger partial charge on any atom is -0.380 e. The summed E-state index contributed by atoms with van der Waals surface area (Å²) < 4.78 is 6.69. The Morgan fingerprint density at radius 1 is 1.24 bits per heavy atom. The van der Waals surface area contributed by atoms with E-state index in [1.165, 1.54) is 5.56 Å². The lowest BCUT2D eigenvalue weighted by atomic mass is 10.1. The number of halogens is 1. The highest BCUT2D eigenvalue weighted by atomic mass is 79.9. The van der Waals surface area contributed by atoms with Crippen LogP contribution < -0.4 is 5.32 Å². The van der Waals surface area contributed by atoms with Crippen LogP contribution in [0.1, 0.15) is 32.4 Å². The van der Waals surface area contributed by atoms with Gasteiger partial charge in [0.2, 0.25) is 0 Å². The minimum absolute atomic E-state index is 0.341. The van der Waals surface area contributed by atoms with Gasteiger partial charge in [-0.3, -0.25) is 0 Å². The van der Waals surface area contributed by atoms with Crippen molar-refractivity contribution in [2.45, 2.75) is 26.8 Å². The van der Waals surface area contributed by atoms with Crippen LogP contribution in [0.2, 0.25) is 0 Å². The molecule has 0 amide bonds. The van der Waals surface area contributed by atoms with Crippen molar-refractivity contribution in [1.29, 1.82) is 0 Å². The summed E-state index contributed by atoms with van der Waals surface area (Å²) in [5.74, 6) is 0.607. The van der Waals surface area contributed by atoms with Crippen molar-refractivity contribution in [3.63, 3.8) is 0 Å². The number of hydrogen-bond donors (Lipinski definition) is 1. The molecule has 0 saturated heterocycles. The van der Waals surface area contributed by atoms with Crippen LogP contribution in [0.3, 0.4) is 0 Å². The molecule has 1 aromatic carbocycles. The van der Waals surface area contributed by atoms with Gasteiger partial charge in [0.05, 0.1) is 6.61 Å². The molecule has 1 N–H and O–H groups in total. The molecule has 0 saturated carbocycles. The molecule has 0 aromatic heterocycles. The number of nitrogens with one attached hydrogen (secondary N) is 1. The Kier molecular flexibility index (Phi) is 6.78. The predicted octanol–water partition coefficient (Wildman–Crippen LogP) is 3.77. The maximum Gasteiger partial charge on any atom is 0.0591 e. The summed E-state index contributed by atoms with van der Waals surface area (Å²) in [6, 6.07) is 8.65. The molecule has 2 nitrogen and oxygen atoms in total. The first-order valence-corrected chi connectivity index (χ1v) is 6.96. The number of benzene rings is 1. The summed E-state index contributed by atoms with van der Waals surface area (Å²) in [5.41, 5.74) is 1.29. The molecule has 0 aliphatic heterocycles. The fourth-order valence-corrected chi connectivity index (χ4v) is 2.23. The van der Waals surface area contributed by atoms with E-state index in [9.17, 15) is 0 Å². The number of rotatable bonds is 7. The monoisotopic (exact) mass is 299 g/mol. The molecule has 0 fully saturated rings. The highest BCUT2D eigenvalue weighted by molar-refractivity contribution is 9.10. The standard InChI is InChI=1S/C14H22BrNO/c1-11(2)10-17-9-8-16-12(3)13-6-4-5-7-14(13)15/h4-7,11-12,16H,8-10H2,1-3H3/t12-/m0/s1. The van der Waals surface area contributed by atoms with E-state index in [2.05, 4.69) is 60.2 Å². The summed E-state index contributed by atoms with van der Waals surface area (Å²) >= 11 is 3.57. The number of hydrogen-bond acceptors (Lipinski definition) is 2. The quantitative estimate of drug-likeness (QED) is 0.774. The van der Waals surface area contributed by atoms with E-state index < -0.39 is 0 Å². The van der Waals surface area contributed by atoms with E-state index >= 15 is 0 Å². The molecule has 0 unspecified atom stereocenters. The van der Waals surface area contributed by atoms with Crippen LogP contribution in [-0.4, -0.2) is 19.8 Å². The maximum absolute atomic E-state index is 5.54. The molecule has 0 spiro atoms. The van der Waals surface area contributed by atoms with E-state index in [1.807, 2.05) is 6.07 Å². The minimum atomic E-state index is 0.341. The molecule has 96 valence electrons. The summed E-state index contributed by atoms with van der Waals surface area (Å²) in [5, 5.41) is 3.46. The Morgan fingerprint density at radius 3 is 2.59 bits per heavy atom. The second kappa shape index (κ2) is 7.85. The van der Waals surface area contributed by atoms with Gasteiger partial charge in [0.25, 0.3) is 0 Å². The highest BCUT2D eigenvalue weighted by Crippen LogP contribution is 2.22. The fourth-order valence-electron chi connectivity index (χ4n) is 1.60. The highest BCUT2D eigenvalue weighted by Gasteiger charge is 2.07. The van der Waals surface area contributed by atoms with Crippen molar-refractivity contribution in [1.82, 2.24) is 5.32 Å². The normalized spacial score (nSPS) is 13.0. The SMILES string of the molecule is CC(C)COCCN[C@@H](C)c1ccccc1Br. The van der Waals surface area contributed by atoms with Crippen LogP contribution >= 0.6 is 15.9 Å². The first kappa shape index (κ1) is 14.7. The lowest BCUT2D eigenvalue weighted by Gasteiger charge is -2.16. The topological polar surface area (TPSA) is 21.3 Å². The summed E-state index contributed by atoms with van der Waals surface area (Å²) in [6.07, 6.45) is 0. The maximum atomic E-state index is 5.54. The summed E-state index contributed by atoms with van der Waals surface area (Å²) in [4.78, 5) is 0. The third-order valence-corrected chi connectivity index (χ3v) is 3.24. The average Bonchev–Trinajstić information content (AvgIpc) is 2.28. The largest absolute Gasteiger partial charge is 0.380 e. The Bertz CT molecular complexity index is 328. The molecule has 0 aliphatic carbocycles. The van der Waals surface area contributed by atoms with Crippen LogP contribution in [0.4, 0.5) is 0 Å². The molecular weight excluding hydrogens is 278 g/mol. The van der Waals surface area contributed by atoms with Crippen molar-refractivity contribution < 1.29 is 4.74 Å². The van der Waals surface area contributed by atoms with Crippen LogP contribution in [0.5, 0.6) is 0 Å². The van der Waals surface area contributed by atoms with Crippen molar-refractivity contribution >= 4 is 15.9 Å². The zero-order valence-electron chi connectivity index (χ0n) is 10.9. The molecule has 0 heterocycles. The van der Waals surface area contributed by atoms with Crippen LogP contribution in [0, 0.1) is 5.92 Å². The smallest absolute Gasteiger partial charge is 0.0591 e. The zero-order chi connectivity index (χ0) is 12.7. The lowest BCUT2D eigenvalue weighted by molar-refractivity contribution is 0.110. The molecule has 3 heteroatoms. The second-order valence-electron chi connectivity index (χ2n) is 4.67. The van der Waals surface area contributed by atoms with E-state index in [0.717, 1.165) is 24.2 Å². The lowest BCUT2D eigenvalue weighted by Crippen LogP contribution is -2.24. The Hall–Kier alpha value is -0.380. The van der Waals surface area contributed by atoms with Gasteiger partial charge in [-0.1, -0.05) is 48.0 Å². The predicted molar refractivity (Wildman–Crippen MR) is 76.2 cm³/mol. The molecule has 1 rings (SSSR count). The van der Waals surface area contributed by atoms with Gasteiger partial charge in [-0.2, -0.15) is 0 Å². The van der Waals surface area contributed by atoms with Gasteiger partial charge < -0.3 is 10.1 Å². The Labute approximate surface area is 113 Å². The van der Waals surface area contributed by atoms with Gasteiger partial charge in [-0.25, -0.2) is 0 Å². The van der Waals surface area contributed by atoms with E-state index in [1.54, 1.807) is 0 Å². The van der Waals surface area contributed by atoms with Crippen LogP contribution in [0.15, 0.2) is 28.7 Å². The molecule has 0 radical (unpaired) electrons. The first-order chi connectivity index (χ1) is 8.11. The van der Waals surface area contributed by atoms with Gasteiger partial charge in [0, 0.05) is 23.7 Å². The Balaban J connectivity index is 2.26. The molecular formula is C14H22BrNO. The first-order valence-electron chi connectivity index (χ1n) is 6.16. The third-order valence-electron chi connectivity index (χ3n) is 2.52. The van der Waals surface area contributed by atoms with Crippen molar-refractivity contribution in [2.75, 3.05) is 19.8 Å². The summed E-state index contributed by atoms with van der Waals surface area (Å²) in [7, 11) is 0. The van der Waals surface area contributed by atoms with Crippen molar-refractivity contribution in [2.24, 2.45) is 5.92 Å². The van der Waals surface area contributed by atoms with Gasteiger partial charge in [0.1, 0.15) is 0 Å². The fraction of sp³-hybridized carbons (Fsp3) is 0.571. The second-order valence-corrected chi connectivity index (χ2v) is 5.52. The van der Waals surface area contributed by atoms with Crippen molar-refractivity contribution in [3.05, 3.63) is 34.3 Å². The van der Waals surface area contributed by atoms with Crippen LogP contribution in [-0.2, 0) is 4.74 Å². The Morgan fingerprint density at radius 2 is 1.94 bits per heavy atom. The van der Waals surface area contributed by atoms with Gasteiger partial charge >= 0.3 is 0 Å². The molecule has 17 heavy (non-hydrogen) atoms. The van der Waals surface area contributed by atoms with Gasteiger partial charge in [-0.15, -0.1) is 0 Å².